The normalized spacial score (nSPS) is 12.5. The lowest BCUT2D eigenvalue weighted by atomic mass is 10.0. The zero-order valence-electron chi connectivity index (χ0n) is 11.6. The minimum absolute atomic E-state index is 0.133. The van der Waals surface area contributed by atoms with E-state index in [1.54, 1.807) is 30.3 Å². The lowest BCUT2D eigenvalue weighted by Crippen LogP contribution is -2.05. The molecule has 5 nitrogen and oxygen atoms in total. The summed E-state index contributed by atoms with van der Waals surface area (Å²) in [7, 11) is 1.39. The van der Waals surface area contributed by atoms with Crippen molar-refractivity contribution in [2.75, 3.05) is 7.11 Å². The van der Waals surface area contributed by atoms with Gasteiger partial charge in [-0.15, -0.1) is 0 Å². The van der Waals surface area contributed by atoms with E-state index in [1.807, 2.05) is 6.07 Å². The summed E-state index contributed by atoms with van der Waals surface area (Å²) >= 11 is 0. The molecule has 0 amide bonds. The number of methoxy groups -OCH3 is 1. The van der Waals surface area contributed by atoms with Crippen LogP contribution < -0.4 is 0 Å². The quantitative estimate of drug-likeness (QED) is 0.799. The van der Waals surface area contributed by atoms with E-state index < -0.39 is 17.9 Å². The number of carboxylic acids is 1. The van der Waals surface area contributed by atoms with Crippen molar-refractivity contribution in [2.45, 2.75) is 6.10 Å². The Balaban J connectivity index is 2.10. The largest absolute Gasteiger partial charge is 0.476 e. The summed E-state index contributed by atoms with van der Waals surface area (Å²) in [5.41, 5.74) is 0.00698. The minimum Gasteiger partial charge on any atom is -0.476 e. The molecule has 2 aromatic carbocycles. The van der Waals surface area contributed by atoms with Gasteiger partial charge >= 0.3 is 5.97 Å². The fourth-order valence-electron chi connectivity index (χ4n) is 2.36. The standard InChI is InChI=1S/C16H12FNO4/c1-21-15(13-8-12(16(19)20)18-22-13)11-7-6-9-4-2-3-5-10(9)14(11)17/h2-8,15H,1H3,(H,19,20). The Morgan fingerprint density at radius 1 is 1.32 bits per heavy atom. The van der Waals surface area contributed by atoms with Crippen LogP contribution >= 0.6 is 0 Å². The van der Waals surface area contributed by atoms with Crippen LogP contribution in [0.1, 0.15) is 27.9 Å². The Morgan fingerprint density at radius 3 is 2.77 bits per heavy atom. The van der Waals surface area contributed by atoms with Crippen LogP contribution in [0.4, 0.5) is 4.39 Å². The first-order chi connectivity index (χ1) is 10.6. The third-order valence-electron chi connectivity index (χ3n) is 3.42. The number of hydrogen-bond acceptors (Lipinski definition) is 4. The van der Waals surface area contributed by atoms with Crippen molar-refractivity contribution in [3.05, 3.63) is 65.3 Å². The maximum Gasteiger partial charge on any atom is 0.358 e. The number of aromatic carboxylic acids is 1. The molecule has 112 valence electrons. The molecule has 3 aromatic rings. The highest BCUT2D eigenvalue weighted by atomic mass is 19.1. The van der Waals surface area contributed by atoms with E-state index in [9.17, 15) is 9.18 Å². The number of halogens is 1. The van der Waals surface area contributed by atoms with E-state index in [0.29, 0.717) is 5.39 Å². The second kappa shape index (κ2) is 5.57. The Kier molecular flexibility index (Phi) is 3.60. The van der Waals surface area contributed by atoms with Crippen molar-refractivity contribution >= 4 is 16.7 Å². The summed E-state index contributed by atoms with van der Waals surface area (Å²) in [4.78, 5) is 10.9. The van der Waals surface area contributed by atoms with E-state index in [4.69, 9.17) is 14.4 Å². The molecule has 1 aromatic heterocycles. The Hall–Kier alpha value is -2.73. The molecule has 0 bridgehead atoms. The van der Waals surface area contributed by atoms with Crippen LogP contribution in [0, 0.1) is 5.82 Å². The zero-order valence-corrected chi connectivity index (χ0v) is 11.6. The van der Waals surface area contributed by atoms with Gasteiger partial charge in [0.05, 0.1) is 0 Å². The fraction of sp³-hybridized carbons (Fsp3) is 0.125. The van der Waals surface area contributed by atoms with Crippen molar-refractivity contribution in [3.8, 4) is 0 Å². The molecule has 1 heterocycles. The molecule has 0 aliphatic rings. The van der Waals surface area contributed by atoms with E-state index >= 15 is 0 Å². The number of nitrogens with zero attached hydrogens (tertiary/aromatic N) is 1. The zero-order chi connectivity index (χ0) is 15.7. The van der Waals surface area contributed by atoms with Gasteiger partial charge in [0, 0.05) is 24.1 Å². The van der Waals surface area contributed by atoms with Crippen LogP contribution in [-0.4, -0.2) is 23.3 Å². The molecule has 0 fully saturated rings. The van der Waals surface area contributed by atoms with Crippen LogP contribution in [0.2, 0.25) is 0 Å². The first-order valence-corrected chi connectivity index (χ1v) is 6.51. The third kappa shape index (κ3) is 2.33. The van der Waals surface area contributed by atoms with Crippen molar-refractivity contribution in [2.24, 2.45) is 0 Å². The molecule has 0 spiro atoms. The monoisotopic (exact) mass is 301 g/mol. The topological polar surface area (TPSA) is 72.6 Å². The van der Waals surface area contributed by atoms with Gasteiger partial charge in [0.1, 0.15) is 11.9 Å². The van der Waals surface area contributed by atoms with Crippen LogP contribution in [0.3, 0.4) is 0 Å². The number of aromatic nitrogens is 1. The Morgan fingerprint density at radius 2 is 2.09 bits per heavy atom. The maximum atomic E-state index is 14.7. The average Bonchev–Trinajstić information content (AvgIpc) is 3.00. The van der Waals surface area contributed by atoms with Crippen molar-refractivity contribution in [1.29, 1.82) is 0 Å². The summed E-state index contributed by atoms with van der Waals surface area (Å²) in [6.07, 6.45) is -0.870. The minimum atomic E-state index is -1.22. The smallest absolute Gasteiger partial charge is 0.358 e. The SMILES string of the molecule is COC(c1cc(C(=O)O)no1)c1ccc2ccccc2c1F. The van der Waals surface area contributed by atoms with Gasteiger partial charge in [0.15, 0.2) is 11.5 Å². The number of benzene rings is 2. The highest BCUT2D eigenvalue weighted by Crippen LogP contribution is 2.31. The molecule has 6 heteroatoms. The molecule has 22 heavy (non-hydrogen) atoms. The van der Waals surface area contributed by atoms with Gasteiger partial charge in [-0.2, -0.15) is 0 Å². The van der Waals surface area contributed by atoms with E-state index in [0.717, 1.165) is 5.39 Å². The van der Waals surface area contributed by atoms with Crippen LogP contribution in [0.5, 0.6) is 0 Å². The number of hydrogen-bond donors (Lipinski definition) is 1. The third-order valence-corrected chi connectivity index (χ3v) is 3.42. The molecule has 0 aliphatic carbocycles. The van der Waals surface area contributed by atoms with Crippen molar-refractivity contribution in [1.82, 2.24) is 5.16 Å². The molecule has 0 aliphatic heterocycles. The average molecular weight is 301 g/mol. The van der Waals surface area contributed by atoms with Gasteiger partial charge in [-0.05, 0) is 5.39 Å². The van der Waals surface area contributed by atoms with Gasteiger partial charge in [0.2, 0.25) is 0 Å². The second-order valence-electron chi connectivity index (χ2n) is 4.73. The van der Waals surface area contributed by atoms with E-state index in [-0.39, 0.29) is 17.0 Å². The van der Waals surface area contributed by atoms with Gasteiger partial charge < -0.3 is 14.4 Å². The van der Waals surface area contributed by atoms with Crippen LogP contribution in [0.15, 0.2) is 47.0 Å². The summed E-state index contributed by atoms with van der Waals surface area (Å²) in [6.45, 7) is 0. The van der Waals surface area contributed by atoms with Gasteiger partial charge in [-0.3, -0.25) is 0 Å². The lowest BCUT2D eigenvalue weighted by Gasteiger charge is -2.14. The molecule has 0 radical (unpaired) electrons. The molecular weight excluding hydrogens is 289 g/mol. The Labute approximate surface area is 124 Å². The summed E-state index contributed by atoms with van der Waals surface area (Å²) in [5.74, 6) is -1.52. The predicted octanol–water partition coefficient (Wildman–Crippen LogP) is 3.40. The highest BCUT2D eigenvalue weighted by Gasteiger charge is 2.24. The maximum absolute atomic E-state index is 14.7. The number of carbonyl (C=O) groups is 1. The van der Waals surface area contributed by atoms with Crippen LogP contribution in [0.25, 0.3) is 10.8 Å². The molecule has 0 saturated heterocycles. The summed E-state index contributed by atoms with van der Waals surface area (Å²) in [6, 6.07) is 11.6. The number of carboxylic acid groups (broad SMARTS) is 1. The lowest BCUT2D eigenvalue weighted by molar-refractivity contribution is 0.0684. The molecule has 0 saturated carbocycles. The molecule has 1 unspecified atom stereocenters. The fourth-order valence-corrected chi connectivity index (χ4v) is 2.36. The number of fused-ring (bicyclic) bond motifs is 1. The van der Waals surface area contributed by atoms with Crippen LogP contribution in [-0.2, 0) is 4.74 Å². The van der Waals surface area contributed by atoms with Gasteiger partial charge in [-0.25, -0.2) is 9.18 Å². The summed E-state index contributed by atoms with van der Waals surface area (Å²) < 4.78 is 25.0. The highest BCUT2D eigenvalue weighted by molar-refractivity contribution is 5.85. The van der Waals surface area contributed by atoms with E-state index in [2.05, 4.69) is 5.16 Å². The molecular formula is C16H12FNO4. The van der Waals surface area contributed by atoms with Gasteiger partial charge in [0.25, 0.3) is 0 Å². The molecule has 1 N–H and O–H groups in total. The summed E-state index contributed by atoms with van der Waals surface area (Å²) in [5, 5.41) is 13.5. The predicted molar refractivity (Wildman–Crippen MR) is 76.2 cm³/mol. The van der Waals surface area contributed by atoms with Crippen molar-refractivity contribution < 1.29 is 23.6 Å². The second-order valence-corrected chi connectivity index (χ2v) is 4.73. The molecule has 1 atom stereocenters. The molecule has 3 rings (SSSR count). The first kappa shape index (κ1) is 14.2. The Bertz CT molecular complexity index is 843. The van der Waals surface area contributed by atoms with Gasteiger partial charge in [-0.1, -0.05) is 41.6 Å². The van der Waals surface area contributed by atoms with E-state index in [1.165, 1.54) is 13.2 Å². The number of ether oxygens (including phenoxy) is 1. The number of rotatable bonds is 4. The van der Waals surface area contributed by atoms with Crippen molar-refractivity contribution in [3.63, 3.8) is 0 Å². The first-order valence-electron chi connectivity index (χ1n) is 6.51.